The number of hydrogen-bond donors (Lipinski definition) is 1. The molecule has 1 aromatic heterocycles. The molecule has 0 aliphatic carbocycles. The Kier molecular flexibility index (Phi) is 6.40. The molecule has 4 aromatic rings. The molecule has 0 aliphatic rings. The number of carbonyl (C=O) groups is 1. The van der Waals surface area contributed by atoms with Crippen molar-refractivity contribution in [1.82, 2.24) is 4.98 Å². The van der Waals surface area contributed by atoms with E-state index < -0.39 is 12.0 Å². The van der Waals surface area contributed by atoms with E-state index >= 15 is 0 Å². The van der Waals surface area contributed by atoms with Crippen LogP contribution in [0.1, 0.15) is 5.56 Å². The highest BCUT2D eigenvalue weighted by Gasteiger charge is 2.20. The van der Waals surface area contributed by atoms with Crippen molar-refractivity contribution in [3.63, 3.8) is 0 Å². The zero-order valence-corrected chi connectivity index (χ0v) is 19.4. The van der Waals surface area contributed by atoms with E-state index in [9.17, 15) is 14.3 Å². The predicted octanol–water partition coefficient (Wildman–Crippen LogP) is 8.61. The van der Waals surface area contributed by atoms with Gasteiger partial charge in [0, 0.05) is 27.6 Å². The van der Waals surface area contributed by atoms with Gasteiger partial charge in [0.05, 0.1) is 20.8 Å². The largest absolute Gasteiger partial charge is 0.511 e. The second-order valence-electron chi connectivity index (χ2n) is 6.80. The highest BCUT2D eigenvalue weighted by Crippen LogP contribution is 2.41. The van der Waals surface area contributed by atoms with E-state index in [4.69, 9.17) is 39.5 Å². The van der Waals surface area contributed by atoms with Gasteiger partial charge in [-0.1, -0.05) is 53.0 Å². The molecule has 162 valence electrons. The quantitative estimate of drug-likeness (QED) is 0.221. The van der Waals surface area contributed by atoms with Crippen LogP contribution in [0.2, 0.25) is 15.1 Å². The SMILES string of the molecule is Cc1ccc(F)c(-c2ccc(-c3nc(-c4ccc(Cl)c(Cl)c4)cs3)cc2OC(=O)O)c1Cl. The minimum absolute atomic E-state index is 0.0484. The molecule has 0 saturated carbocycles. The summed E-state index contributed by atoms with van der Waals surface area (Å²) in [6.07, 6.45) is -1.52. The summed E-state index contributed by atoms with van der Waals surface area (Å²) in [6, 6.07) is 12.8. The lowest BCUT2D eigenvalue weighted by molar-refractivity contribution is 0.144. The lowest BCUT2D eigenvalue weighted by atomic mass is 10.00. The first-order valence-corrected chi connectivity index (χ1v) is 11.2. The van der Waals surface area contributed by atoms with Crippen LogP contribution in [0.3, 0.4) is 0 Å². The maximum Gasteiger partial charge on any atom is 0.511 e. The molecular formula is C23H13Cl3FNO3S. The Labute approximate surface area is 201 Å². The van der Waals surface area contributed by atoms with E-state index in [-0.39, 0.29) is 21.9 Å². The minimum Gasteiger partial charge on any atom is -0.449 e. The average molecular weight is 509 g/mol. The number of rotatable bonds is 4. The van der Waals surface area contributed by atoms with Crippen LogP contribution >= 0.6 is 46.1 Å². The fourth-order valence-corrected chi connectivity index (χ4v) is 4.52. The predicted molar refractivity (Wildman–Crippen MR) is 127 cm³/mol. The van der Waals surface area contributed by atoms with Gasteiger partial charge < -0.3 is 9.84 Å². The number of nitrogens with zero attached hydrogens (tertiary/aromatic N) is 1. The molecule has 9 heteroatoms. The van der Waals surface area contributed by atoms with Gasteiger partial charge in [0.1, 0.15) is 16.6 Å². The van der Waals surface area contributed by atoms with Crippen molar-refractivity contribution in [2.24, 2.45) is 0 Å². The maximum atomic E-state index is 14.6. The number of aromatic nitrogens is 1. The van der Waals surface area contributed by atoms with Crippen molar-refractivity contribution in [3.05, 3.63) is 80.4 Å². The smallest absolute Gasteiger partial charge is 0.449 e. The zero-order valence-electron chi connectivity index (χ0n) is 16.3. The number of aryl methyl sites for hydroxylation is 1. The first-order valence-electron chi connectivity index (χ1n) is 9.15. The molecule has 0 saturated heterocycles. The van der Waals surface area contributed by atoms with E-state index in [1.165, 1.54) is 23.5 Å². The van der Waals surface area contributed by atoms with Gasteiger partial charge >= 0.3 is 6.16 Å². The van der Waals surface area contributed by atoms with Gasteiger partial charge in [-0.05, 0) is 42.8 Å². The summed E-state index contributed by atoms with van der Waals surface area (Å²) < 4.78 is 19.6. The monoisotopic (exact) mass is 507 g/mol. The topological polar surface area (TPSA) is 59.4 Å². The standard InChI is InChI=1S/C23H13Cl3FNO3S/c1-11-2-7-17(27)20(21(11)26)14-5-3-13(9-19(14)31-23(29)30)22-28-18(10-32-22)12-4-6-15(24)16(25)8-12/h2-10H,1H3,(H,29,30). The fraction of sp³-hybridized carbons (Fsp3) is 0.0435. The molecule has 0 amide bonds. The van der Waals surface area contributed by atoms with E-state index in [1.807, 2.05) is 5.38 Å². The molecule has 0 aliphatic heterocycles. The first-order chi connectivity index (χ1) is 15.2. The molecule has 0 radical (unpaired) electrons. The van der Waals surface area contributed by atoms with Crippen LogP contribution in [0.5, 0.6) is 5.75 Å². The summed E-state index contributed by atoms with van der Waals surface area (Å²) >= 11 is 19.8. The second-order valence-corrected chi connectivity index (χ2v) is 8.85. The van der Waals surface area contributed by atoms with Crippen LogP contribution in [-0.4, -0.2) is 16.2 Å². The number of hydrogen-bond acceptors (Lipinski definition) is 4. The molecule has 0 atom stereocenters. The third kappa shape index (κ3) is 4.45. The van der Waals surface area contributed by atoms with Crippen LogP contribution in [0.4, 0.5) is 9.18 Å². The van der Waals surface area contributed by atoms with Crippen LogP contribution in [0, 0.1) is 12.7 Å². The number of carboxylic acid groups (broad SMARTS) is 1. The fourth-order valence-electron chi connectivity index (χ4n) is 3.14. The van der Waals surface area contributed by atoms with E-state index in [0.717, 1.165) is 5.56 Å². The Morgan fingerprint density at radius 3 is 2.50 bits per heavy atom. The molecule has 0 bridgehead atoms. The summed E-state index contributed by atoms with van der Waals surface area (Å²) in [5.41, 5.74) is 3.02. The molecule has 3 aromatic carbocycles. The van der Waals surface area contributed by atoms with Gasteiger partial charge in [0.2, 0.25) is 0 Å². The molecular weight excluding hydrogens is 496 g/mol. The number of thiazole rings is 1. The molecule has 1 N–H and O–H groups in total. The van der Waals surface area contributed by atoms with Crippen molar-refractivity contribution < 1.29 is 19.0 Å². The molecule has 4 rings (SSSR count). The normalized spacial score (nSPS) is 10.9. The number of benzene rings is 3. The van der Waals surface area contributed by atoms with Crippen LogP contribution in [0.15, 0.2) is 53.9 Å². The van der Waals surface area contributed by atoms with Gasteiger partial charge in [-0.15, -0.1) is 11.3 Å². The molecule has 1 heterocycles. The van der Waals surface area contributed by atoms with Gasteiger partial charge in [0.15, 0.2) is 0 Å². The molecule has 32 heavy (non-hydrogen) atoms. The molecule has 0 spiro atoms. The van der Waals surface area contributed by atoms with Gasteiger partial charge in [-0.25, -0.2) is 14.2 Å². The van der Waals surface area contributed by atoms with Crippen LogP contribution < -0.4 is 4.74 Å². The third-order valence-electron chi connectivity index (χ3n) is 4.70. The average Bonchev–Trinajstić information content (AvgIpc) is 3.24. The summed E-state index contributed by atoms with van der Waals surface area (Å²) in [7, 11) is 0. The zero-order chi connectivity index (χ0) is 23.0. The summed E-state index contributed by atoms with van der Waals surface area (Å²) in [6.45, 7) is 1.73. The maximum absolute atomic E-state index is 14.6. The van der Waals surface area contributed by atoms with E-state index in [2.05, 4.69) is 4.98 Å². The Bertz CT molecular complexity index is 1360. The van der Waals surface area contributed by atoms with Crippen molar-refractivity contribution >= 4 is 52.3 Å². The Hall–Kier alpha value is -2.64. The van der Waals surface area contributed by atoms with Crippen molar-refractivity contribution in [2.45, 2.75) is 6.92 Å². The van der Waals surface area contributed by atoms with Crippen molar-refractivity contribution in [3.8, 4) is 38.7 Å². The first kappa shape index (κ1) is 22.6. The van der Waals surface area contributed by atoms with E-state index in [1.54, 1.807) is 43.3 Å². The van der Waals surface area contributed by atoms with Gasteiger partial charge in [0.25, 0.3) is 0 Å². The Morgan fingerprint density at radius 1 is 1.03 bits per heavy atom. The number of ether oxygens (including phenoxy) is 1. The van der Waals surface area contributed by atoms with Crippen LogP contribution in [0.25, 0.3) is 33.0 Å². The summed E-state index contributed by atoms with van der Waals surface area (Å²) in [5, 5.41) is 12.7. The second kappa shape index (κ2) is 9.08. The van der Waals surface area contributed by atoms with Gasteiger partial charge in [-0.3, -0.25) is 0 Å². The van der Waals surface area contributed by atoms with Crippen molar-refractivity contribution in [1.29, 1.82) is 0 Å². The summed E-state index contributed by atoms with van der Waals surface area (Å²) in [5.74, 6) is -0.632. The van der Waals surface area contributed by atoms with Crippen LogP contribution in [-0.2, 0) is 0 Å². The highest BCUT2D eigenvalue weighted by molar-refractivity contribution is 7.13. The lowest BCUT2D eigenvalue weighted by Gasteiger charge is -2.13. The lowest BCUT2D eigenvalue weighted by Crippen LogP contribution is -2.05. The van der Waals surface area contributed by atoms with Crippen molar-refractivity contribution in [2.75, 3.05) is 0 Å². The minimum atomic E-state index is -1.52. The van der Waals surface area contributed by atoms with Gasteiger partial charge in [-0.2, -0.15) is 0 Å². The summed E-state index contributed by atoms with van der Waals surface area (Å²) in [4.78, 5) is 15.9. The Morgan fingerprint density at radius 2 is 1.78 bits per heavy atom. The third-order valence-corrected chi connectivity index (χ3v) is 6.82. The Balaban J connectivity index is 1.79. The van der Waals surface area contributed by atoms with E-state index in [0.29, 0.717) is 31.9 Å². The highest BCUT2D eigenvalue weighted by atomic mass is 35.5. The number of halogens is 4. The molecule has 0 unspecified atom stereocenters. The molecule has 0 fully saturated rings. The molecule has 4 nitrogen and oxygen atoms in total.